The Balaban J connectivity index is 2.88. The van der Waals surface area contributed by atoms with Crippen LogP contribution in [0.1, 0.15) is 23.7 Å². The molecule has 0 bridgehead atoms. The Bertz CT molecular complexity index is 429. The van der Waals surface area contributed by atoms with Crippen molar-refractivity contribution in [2.45, 2.75) is 13.3 Å². The molecule has 0 heterocycles. The third-order valence-corrected chi connectivity index (χ3v) is 2.87. The first-order valence-corrected chi connectivity index (χ1v) is 5.38. The van der Waals surface area contributed by atoms with E-state index in [2.05, 4.69) is 0 Å². The predicted molar refractivity (Wildman–Crippen MR) is 62.2 cm³/mol. The molecule has 16 heavy (non-hydrogen) atoms. The average molecular weight is 261 g/mol. The summed E-state index contributed by atoms with van der Waals surface area (Å²) in [5.74, 6) is -1.82. The zero-order valence-corrected chi connectivity index (χ0v) is 10.0. The number of ketones is 1. The molecule has 3 nitrogen and oxygen atoms in total. The highest BCUT2D eigenvalue weighted by molar-refractivity contribution is 6.42. The molecule has 0 radical (unpaired) electrons. The van der Waals surface area contributed by atoms with Crippen molar-refractivity contribution in [3.8, 4) is 0 Å². The van der Waals surface area contributed by atoms with Crippen LogP contribution in [0.5, 0.6) is 0 Å². The van der Waals surface area contributed by atoms with Crippen molar-refractivity contribution in [2.75, 3.05) is 0 Å². The first-order valence-electron chi connectivity index (χ1n) is 4.63. The third-order valence-electron chi connectivity index (χ3n) is 2.13. The van der Waals surface area contributed by atoms with Gasteiger partial charge in [0.2, 0.25) is 0 Å². The lowest BCUT2D eigenvalue weighted by Gasteiger charge is -2.08. The van der Waals surface area contributed by atoms with Crippen molar-refractivity contribution < 1.29 is 14.7 Å². The molecular formula is C11H10Cl2O3. The minimum Gasteiger partial charge on any atom is -0.481 e. The summed E-state index contributed by atoms with van der Waals surface area (Å²) in [6, 6.07) is 4.50. The Morgan fingerprint density at radius 2 is 1.94 bits per heavy atom. The standard InChI is InChI=1S/C11H10Cl2O3/c1-6(4-10(14)15)11(16)7-2-3-8(12)9(13)5-7/h2-3,5-6H,4H2,1H3,(H,14,15)/t6-/m0/s1. The minimum absolute atomic E-state index is 0.195. The molecule has 1 aromatic rings. The van der Waals surface area contributed by atoms with E-state index in [1.165, 1.54) is 18.2 Å². The summed E-state index contributed by atoms with van der Waals surface area (Å²) < 4.78 is 0. The van der Waals surface area contributed by atoms with Crippen LogP contribution in [0.15, 0.2) is 18.2 Å². The second-order valence-electron chi connectivity index (χ2n) is 3.49. The number of carbonyl (C=O) groups excluding carboxylic acids is 1. The molecule has 0 saturated heterocycles. The summed E-state index contributed by atoms with van der Waals surface area (Å²) in [5, 5.41) is 9.23. The van der Waals surface area contributed by atoms with Gasteiger partial charge in [-0.2, -0.15) is 0 Å². The first kappa shape index (κ1) is 13.0. The van der Waals surface area contributed by atoms with E-state index in [1.807, 2.05) is 0 Å². The Morgan fingerprint density at radius 1 is 1.31 bits per heavy atom. The summed E-state index contributed by atoms with van der Waals surface area (Å²) in [5.41, 5.74) is 0.378. The smallest absolute Gasteiger partial charge is 0.304 e. The van der Waals surface area contributed by atoms with E-state index in [9.17, 15) is 9.59 Å². The molecule has 0 unspecified atom stereocenters. The number of Topliss-reactive ketones (excluding diaryl/α,β-unsaturated/α-hetero) is 1. The van der Waals surface area contributed by atoms with Gasteiger partial charge in [-0.25, -0.2) is 0 Å². The molecule has 0 amide bonds. The summed E-state index contributed by atoms with van der Waals surface area (Å²) in [6.45, 7) is 1.57. The average Bonchev–Trinajstić information content (AvgIpc) is 2.20. The van der Waals surface area contributed by atoms with Crippen molar-refractivity contribution in [3.05, 3.63) is 33.8 Å². The summed E-state index contributed by atoms with van der Waals surface area (Å²) in [4.78, 5) is 22.2. The fourth-order valence-corrected chi connectivity index (χ4v) is 1.59. The number of halogens is 2. The molecule has 1 rings (SSSR count). The summed E-state index contributed by atoms with van der Waals surface area (Å²) >= 11 is 11.5. The van der Waals surface area contributed by atoms with Gasteiger partial charge in [-0.1, -0.05) is 30.1 Å². The Hall–Kier alpha value is -1.06. The van der Waals surface area contributed by atoms with Crippen LogP contribution in [0, 0.1) is 5.92 Å². The van der Waals surface area contributed by atoms with Crippen LogP contribution in [0.25, 0.3) is 0 Å². The Kier molecular flexibility index (Phi) is 4.33. The molecule has 5 heteroatoms. The van der Waals surface area contributed by atoms with E-state index in [0.29, 0.717) is 10.6 Å². The maximum atomic E-state index is 11.8. The van der Waals surface area contributed by atoms with Gasteiger partial charge in [0.15, 0.2) is 5.78 Å². The van der Waals surface area contributed by atoms with Crippen LogP contribution in [0.2, 0.25) is 10.0 Å². The first-order chi connectivity index (χ1) is 7.41. The normalized spacial score (nSPS) is 12.2. The van der Waals surface area contributed by atoms with Crippen molar-refractivity contribution in [1.82, 2.24) is 0 Å². The third kappa shape index (κ3) is 3.22. The van der Waals surface area contributed by atoms with Crippen LogP contribution in [-0.4, -0.2) is 16.9 Å². The van der Waals surface area contributed by atoms with Crippen molar-refractivity contribution in [3.63, 3.8) is 0 Å². The van der Waals surface area contributed by atoms with Crippen LogP contribution in [0.3, 0.4) is 0 Å². The maximum absolute atomic E-state index is 11.8. The molecule has 1 N–H and O–H groups in total. The van der Waals surface area contributed by atoms with Crippen LogP contribution >= 0.6 is 23.2 Å². The maximum Gasteiger partial charge on any atom is 0.304 e. The molecular weight excluding hydrogens is 251 g/mol. The summed E-state index contributed by atoms with van der Waals surface area (Å²) in [6.07, 6.45) is -0.195. The van der Waals surface area contributed by atoms with Gasteiger partial charge in [-0.15, -0.1) is 0 Å². The molecule has 0 fully saturated rings. The highest BCUT2D eigenvalue weighted by Crippen LogP contribution is 2.24. The van der Waals surface area contributed by atoms with Gasteiger partial charge in [0.1, 0.15) is 0 Å². The number of carboxylic acids is 1. The molecule has 0 aliphatic heterocycles. The zero-order valence-electron chi connectivity index (χ0n) is 8.54. The highest BCUT2D eigenvalue weighted by Gasteiger charge is 2.18. The van der Waals surface area contributed by atoms with Gasteiger partial charge in [-0.3, -0.25) is 9.59 Å². The number of carboxylic acid groups (broad SMARTS) is 1. The van der Waals surface area contributed by atoms with Gasteiger partial charge >= 0.3 is 5.97 Å². The Labute approximate surface area is 103 Å². The largest absolute Gasteiger partial charge is 0.481 e. The predicted octanol–water partition coefficient (Wildman–Crippen LogP) is 3.29. The lowest BCUT2D eigenvalue weighted by atomic mass is 9.96. The van der Waals surface area contributed by atoms with Gasteiger partial charge in [0.25, 0.3) is 0 Å². The highest BCUT2D eigenvalue weighted by atomic mass is 35.5. The van der Waals surface area contributed by atoms with Crippen molar-refractivity contribution in [2.24, 2.45) is 5.92 Å². The molecule has 0 saturated carbocycles. The number of hydrogen-bond donors (Lipinski definition) is 1. The van der Waals surface area contributed by atoms with Crippen LogP contribution in [-0.2, 0) is 4.79 Å². The van der Waals surface area contributed by atoms with Gasteiger partial charge in [0, 0.05) is 11.5 Å². The van der Waals surface area contributed by atoms with Crippen molar-refractivity contribution >= 4 is 35.0 Å². The van der Waals surface area contributed by atoms with E-state index < -0.39 is 11.9 Å². The zero-order chi connectivity index (χ0) is 12.3. The quantitative estimate of drug-likeness (QED) is 0.846. The molecule has 0 aliphatic rings. The lowest BCUT2D eigenvalue weighted by molar-refractivity contribution is -0.137. The van der Waals surface area contributed by atoms with E-state index in [0.717, 1.165) is 0 Å². The van der Waals surface area contributed by atoms with Crippen LogP contribution in [0.4, 0.5) is 0 Å². The molecule has 1 atom stereocenters. The monoisotopic (exact) mass is 260 g/mol. The van der Waals surface area contributed by atoms with E-state index in [4.69, 9.17) is 28.3 Å². The van der Waals surface area contributed by atoms with E-state index in [-0.39, 0.29) is 17.2 Å². The SMILES string of the molecule is C[C@@H](CC(=O)O)C(=O)c1ccc(Cl)c(Cl)c1. The van der Waals surface area contributed by atoms with Crippen molar-refractivity contribution in [1.29, 1.82) is 0 Å². The van der Waals surface area contributed by atoms with Gasteiger partial charge in [-0.05, 0) is 18.2 Å². The van der Waals surface area contributed by atoms with Crippen LogP contribution < -0.4 is 0 Å². The molecule has 1 aromatic carbocycles. The van der Waals surface area contributed by atoms with Gasteiger partial charge < -0.3 is 5.11 Å². The number of carbonyl (C=O) groups is 2. The number of aliphatic carboxylic acids is 1. The number of benzene rings is 1. The molecule has 0 aromatic heterocycles. The van der Waals surface area contributed by atoms with E-state index >= 15 is 0 Å². The van der Waals surface area contributed by atoms with E-state index in [1.54, 1.807) is 6.92 Å². The lowest BCUT2D eigenvalue weighted by Crippen LogP contribution is -2.15. The Morgan fingerprint density at radius 3 is 2.44 bits per heavy atom. The second-order valence-corrected chi connectivity index (χ2v) is 4.31. The topological polar surface area (TPSA) is 54.4 Å². The molecule has 0 spiro atoms. The fourth-order valence-electron chi connectivity index (χ4n) is 1.29. The molecule has 86 valence electrons. The number of hydrogen-bond acceptors (Lipinski definition) is 2. The van der Waals surface area contributed by atoms with Gasteiger partial charge in [0.05, 0.1) is 16.5 Å². The minimum atomic E-state index is -0.999. The fraction of sp³-hybridized carbons (Fsp3) is 0.273. The summed E-state index contributed by atoms with van der Waals surface area (Å²) in [7, 11) is 0. The number of rotatable bonds is 4. The molecule has 0 aliphatic carbocycles. The second kappa shape index (κ2) is 5.32.